The quantitative estimate of drug-likeness (QED) is 0.366. The van der Waals surface area contributed by atoms with Gasteiger partial charge in [-0.25, -0.2) is 4.98 Å². The molecule has 0 saturated carbocycles. The average Bonchev–Trinajstić information content (AvgIpc) is 3.57. The fourth-order valence-electron chi connectivity index (χ4n) is 5.37. The van der Waals surface area contributed by atoms with E-state index in [2.05, 4.69) is 27.1 Å². The highest BCUT2D eigenvalue weighted by molar-refractivity contribution is 7.13. The maximum atomic E-state index is 13.5. The molecule has 0 spiro atoms. The number of benzene rings is 1. The zero-order valence-electron chi connectivity index (χ0n) is 24.9. The summed E-state index contributed by atoms with van der Waals surface area (Å²) in [5.74, 6) is -0.102. The van der Waals surface area contributed by atoms with Crippen LogP contribution in [0.15, 0.2) is 23.7 Å². The SMILES string of the molecule is Cc1ncsc1-c1ccc(C(CO)NC(=O)C2CC(O)CN2C(=O)C(C)C(C)C)c(OCCN2CCN(C)CC2)c1. The molecule has 2 aliphatic heterocycles. The molecular formula is C30H45N5O5S. The van der Waals surface area contributed by atoms with Gasteiger partial charge in [-0.3, -0.25) is 14.5 Å². The van der Waals surface area contributed by atoms with Gasteiger partial charge in [0.2, 0.25) is 11.8 Å². The van der Waals surface area contributed by atoms with Gasteiger partial charge in [0.1, 0.15) is 18.4 Å². The smallest absolute Gasteiger partial charge is 0.243 e. The second-order valence-electron chi connectivity index (χ2n) is 11.7. The summed E-state index contributed by atoms with van der Waals surface area (Å²) in [5, 5.41) is 23.7. The molecule has 11 heteroatoms. The number of nitrogens with one attached hydrogen (secondary N) is 1. The van der Waals surface area contributed by atoms with Crippen LogP contribution in [-0.4, -0.2) is 113 Å². The number of aliphatic hydroxyl groups is 2. The fourth-order valence-corrected chi connectivity index (χ4v) is 6.17. The molecule has 3 N–H and O–H groups in total. The second-order valence-corrected chi connectivity index (χ2v) is 12.5. The topological polar surface area (TPSA) is 118 Å². The Balaban J connectivity index is 1.53. The van der Waals surface area contributed by atoms with Gasteiger partial charge < -0.3 is 30.1 Å². The van der Waals surface area contributed by atoms with Crippen molar-refractivity contribution in [2.45, 2.75) is 52.3 Å². The van der Waals surface area contributed by atoms with Crippen molar-refractivity contribution in [1.29, 1.82) is 0 Å². The van der Waals surface area contributed by atoms with Crippen LogP contribution in [0.2, 0.25) is 0 Å². The van der Waals surface area contributed by atoms with Gasteiger partial charge >= 0.3 is 0 Å². The molecule has 4 atom stereocenters. The predicted octanol–water partition coefficient (Wildman–Crippen LogP) is 2.15. The lowest BCUT2D eigenvalue weighted by atomic mass is 9.96. The monoisotopic (exact) mass is 587 g/mol. The molecule has 10 nitrogen and oxygen atoms in total. The van der Waals surface area contributed by atoms with Gasteiger partial charge in [-0.05, 0) is 31.5 Å². The van der Waals surface area contributed by atoms with Crippen molar-refractivity contribution in [1.82, 2.24) is 25.0 Å². The van der Waals surface area contributed by atoms with Crippen LogP contribution in [-0.2, 0) is 9.59 Å². The number of carbonyl (C=O) groups excluding carboxylic acids is 2. The molecule has 0 aliphatic carbocycles. The number of aromatic nitrogens is 1. The van der Waals surface area contributed by atoms with Gasteiger partial charge in [0.25, 0.3) is 0 Å². The molecule has 2 saturated heterocycles. The molecular weight excluding hydrogens is 542 g/mol. The van der Waals surface area contributed by atoms with Crippen molar-refractivity contribution < 1.29 is 24.5 Å². The summed E-state index contributed by atoms with van der Waals surface area (Å²) in [6.07, 6.45) is -0.601. The molecule has 2 aliphatic rings. The van der Waals surface area contributed by atoms with E-state index in [1.165, 1.54) is 4.90 Å². The Hall–Kier alpha value is -2.57. The van der Waals surface area contributed by atoms with Crippen molar-refractivity contribution in [3.8, 4) is 16.2 Å². The Labute approximate surface area is 247 Å². The van der Waals surface area contributed by atoms with Gasteiger partial charge in [-0.1, -0.05) is 32.9 Å². The van der Waals surface area contributed by atoms with Crippen LogP contribution in [0.3, 0.4) is 0 Å². The number of carbonyl (C=O) groups is 2. The van der Waals surface area contributed by atoms with Gasteiger partial charge in [0.05, 0.1) is 34.8 Å². The van der Waals surface area contributed by atoms with E-state index in [4.69, 9.17) is 4.74 Å². The van der Waals surface area contributed by atoms with Crippen LogP contribution in [0.5, 0.6) is 5.75 Å². The standard InChI is InChI=1S/C30H45N5O5S/c1-19(2)20(3)30(39)35-16-23(37)15-26(35)29(38)32-25(17-36)24-7-6-22(28-21(4)31-18-41-28)14-27(24)40-13-12-34-10-8-33(5)9-11-34/h6-7,14,18-20,23,25-26,36-37H,8-13,15-17H2,1-5H3,(H,32,38). The third kappa shape index (κ3) is 7.64. The number of β-amino-alcohol motifs (C(OH)–C–C–N with tert-alkyl or cyclic N) is 1. The van der Waals surface area contributed by atoms with Gasteiger partial charge in [-0.15, -0.1) is 11.3 Å². The van der Waals surface area contributed by atoms with Crippen LogP contribution in [0, 0.1) is 18.8 Å². The number of thiazole rings is 1. The Bertz CT molecular complexity index is 1180. The zero-order valence-corrected chi connectivity index (χ0v) is 25.7. The number of hydrogen-bond donors (Lipinski definition) is 3. The number of nitrogens with zero attached hydrogens (tertiary/aromatic N) is 4. The highest BCUT2D eigenvalue weighted by Gasteiger charge is 2.41. The van der Waals surface area contributed by atoms with E-state index in [0.717, 1.165) is 48.9 Å². The number of piperazine rings is 1. The minimum atomic E-state index is -0.798. The third-order valence-electron chi connectivity index (χ3n) is 8.41. The lowest BCUT2D eigenvalue weighted by Gasteiger charge is -2.32. The highest BCUT2D eigenvalue weighted by Crippen LogP contribution is 2.35. The first kappa shape index (κ1) is 31.4. The molecule has 0 bridgehead atoms. The second kappa shape index (κ2) is 14.1. The minimum Gasteiger partial charge on any atom is -0.492 e. The normalized spacial score (nSPS) is 21.7. The maximum absolute atomic E-state index is 13.5. The van der Waals surface area contributed by atoms with Crippen LogP contribution in [0.1, 0.15) is 44.5 Å². The summed E-state index contributed by atoms with van der Waals surface area (Å²) in [4.78, 5) is 38.2. The summed E-state index contributed by atoms with van der Waals surface area (Å²) >= 11 is 1.55. The first-order valence-corrected chi connectivity index (χ1v) is 15.4. The Morgan fingerprint density at radius 3 is 2.56 bits per heavy atom. The number of aryl methyl sites for hydroxylation is 1. The predicted molar refractivity (Wildman–Crippen MR) is 160 cm³/mol. The summed E-state index contributed by atoms with van der Waals surface area (Å²) in [7, 11) is 2.13. The number of likely N-dealkylation sites (tertiary alicyclic amines) is 1. The van der Waals surface area contributed by atoms with E-state index in [-0.39, 0.29) is 37.3 Å². The third-order valence-corrected chi connectivity index (χ3v) is 9.39. The van der Waals surface area contributed by atoms with Crippen LogP contribution >= 0.6 is 11.3 Å². The Morgan fingerprint density at radius 2 is 1.93 bits per heavy atom. The van der Waals surface area contributed by atoms with Crippen molar-refractivity contribution in [2.75, 3.05) is 59.5 Å². The van der Waals surface area contributed by atoms with Gasteiger partial charge in [0, 0.05) is 57.2 Å². The number of aliphatic hydroxyl groups excluding tert-OH is 2. The average molecular weight is 588 g/mol. The molecule has 0 radical (unpaired) electrons. The Kier molecular flexibility index (Phi) is 10.8. The van der Waals surface area contributed by atoms with Crippen molar-refractivity contribution >= 4 is 23.2 Å². The van der Waals surface area contributed by atoms with Crippen LogP contribution in [0.4, 0.5) is 0 Å². The zero-order chi connectivity index (χ0) is 29.7. The van der Waals surface area contributed by atoms with Crippen LogP contribution in [0.25, 0.3) is 10.4 Å². The summed E-state index contributed by atoms with van der Waals surface area (Å²) in [6.45, 7) is 12.8. The molecule has 2 amide bonds. The van der Waals surface area contributed by atoms with E-state index in [0.29, 0.717) is 17.9 Å². The molecule has 4 rings (SSSR count). The highest BCUT2D eigenvalue weighted by atomic mass is 32.1. The molecule has 1 aromatic carbocycles. The molecule has 41 heavy (non-hydrogen) atoms. The van der Waals surface area contributed by atoms with E-state index in [9.17, 15) is 19.8 Å². The van der Waals surface area contributed by atoms with E-state index in [1.807, 2.05) is 51.4 Å². The molecule has 3 heterocycles. The van der Waals surface area contributed by atoms with E-state index in [1.54, 1.807) is 11.3 Å². The van der Waals surface area contributed by atoms with Gasteiger partial charge in [-0.2, -0.15) is 0 Å². The molecule has 1 aromatic heterocycles. The summed E-state index contributed by atoms with van der Waals surface area (Å²) in [6, 6.07) is 4.25. The first-order valence-electron chi connectivity index (χ1n) is 14.6. The molecule has 2 fully saturated rings. The Morgan fingerprint density at radius 1 is 1.20 bits per heavy atom. The first-order chi connectivity index (χ1) is 19.6. The number of rotatable bonds is 11. The fraction of sp³-hybridized carbons (Fsp3) is 0.633. The molecule has 2 aromatic rings. The molecule has 4 unspecified atom stereocenters. The van der Waals surface area contributed by atoms with Crippen molar-refractivity contribution in [3.05, 3.63) is 35.0 Å². The number of amides is 2. The van der Waals surface area contributed by atoms with Crippen LogP contribution < -0.4 is 10.1 Å². The maximum Gasteiger partial charge on any atom is 0.243 e. The van der Waals surface area contributed by atoms with Gasteiger partial charge in [0.15, 0.2) is 0 Å². The number of hydrogen-bond acceptors (Lipinski definition) is 9. The minimum absolute atomic E-state index is 0.111. The van der Waals surface area contributed by atoms with E-state index < -0.39 is 24.1 Å². The lowest BCUT2D eigenvalue weighted by Crippen LogP contribution is -2.49. The number of ether oxygens (including phenoxy) is 1. The molecule has 226 valence electrons. The summed E-state index contributed by atoms with van der Waals surface area (Å²) in [5.41, 5.74) is 4.37. The van der Waals surface area contributed by atoms with Crippen molar-refractivity contribution in [3.63, 3.8) is 0 Å². The lowest BCUT2D eigenvalue weighted by molar-refractivity contribution is -0.142. The van der Waals surface area contributed by atoms with Crippen molar-refractivity contribution in [2.24, 2.45) is 11.8 Å². The largest absolute Gasteiger partial charge is 0.492 e. The van der Waals surface area contributed by atoms with E-state index >= 15 is 0 Å². The number of likely N-dealkylation sites (N-methyl/N-ethyl adjacent to an activating group) is 1. The summed E-state index contributed by atoms with van der Waals surface area (Å²) < 4.78 is 6.33.